The van der Waals surface area contributed by atoms with Gasteiger partial charge in [-0.2, -0.15) is 0 Å². The van der Waals surface area contributed by atoms with E-state index in [1.165, 1.54) is 48.8 Å². The molecule has 2 N–H and O–H groups in total. The molecule has 2 aliphatic carbocycles. The lowest BCUT2D eigenvalue weighted by Crippen LogP contribution is -2.26. The van der Waals surface area contributed by atoms with Crippen LogP contribution in [0.5, 0.6) is 0 Å². The maximum Gasteiger partial charge on any atom is 0.355 e. The number of aliphatic hydroxyl groups is 1. The highest BCUT2D eigenvalue weighted by Crippen LogP contribution is 2.36. The van der Waals surface area contributed by atoms with Crippen LogP contribution in [0, 0.1) is 17.8 Å². The molecule has 0 spiro atoms. The largest absolute Gasteiger partial charge is 0.476 e. The maximum absolute atomic E-state index is 12.3. The van der Waals surface area contributed by atoms with Crippen LogP contribution in [0.2, 0.25) is 0 Å². The standard InChI is InChI=1S/C22H31NO4S2/c1-22(27,13-15-5-2-3-6-15)11-4-7-16-8-9-19(24)17(16)10-12-28-21-23-18(14-29-21)20(25)26/h4,7,14-17,27H,2-3,5-6,8-13H2,1H3,(H,25,26)/t16-,17+,22?/m0/s1. The number of thiazole rings is 1. The molecule has 0 radical (unpaired) electrons. The number of hydrogen-bond donors (Lipinski definition) is 2. The Balaban J connectivity index is 1.46. The van der Waals surface area contributed by atoms with Gasteiger partial charge in [-0.05, 0) is 44.4 Å². The van der Waals surface area contributed by atoms with Crippen LogP contribution < -0.4 is 0 Å². The lowest BCUT2D eigenvalue weighted by Gasteiger charge is -2.25. The summed E-state index contributed by atoms with van der Waals surface area (Å²) in [6.07, 6.45) is 13.1. The van der Waals surface area contributed by atoms with E-state index in [1.807, 2.05) is 6.92 Å². The molecule has 0 aliphatic heterocycles. The molecular weight excluding hydrogens is 406 g/mol. The number of carbonyl (C=O) groups is 2. The van der Waals surface area contributed by atoms with Gasteiger partial charge in [0.2, 0.25) is 0 Å². The van der Waals surface area contributed by atoms with E-state index in [9.17, 15) is 14.7 Å². The van der Waals surface area contributed by atoms with Crippen molar-refractivity contribution in [2.45, 2.75) is 74.7 Å². The van der Waals surface area contributed by atoms with Crippen molar-refractivity contribution in [3.63, 3.8) is 0 Å². The van der Waals surface area contributed by atoms with Crippen molar-refractivity contribution in [1.29, 1.82) is 0 Å². The van der Waals surface area contributed by atoms with Crippen molar-refractivity contribution in [3.05, 3.63) is 23.2 Å². The fraction of sp³-hybridized carbons (Fsp3) is 0.682. The molecule has 2 saturated carbocycles. The zero-order valence-corrected chi connectivity index (χ0v) is 18.6. The molecule has 0 saturated heterocycles. The summed E-state index contributed by atoms with van der Waals surface area (Å²) in [5.74, 6) is 1.00. The maximum atomic E-state index is 12.3. The number of hydrogen-bond acceptors (Lipinski definition) is 6. The molecule has 1 aromatic rings. The first kappa shape index (κ1) is 22.5. The van der Waals surface area contributed by atoms with Gasteiger partial charge in [0.1, 0.15) is 5.78 Å². The summed E-state index contributed by atoms with van der Waals surface area (Å²) in [5.41, 5.74) is -0.577. The Kier molecular flexibility index (Phi) is 7.93. The molecule has 7 heteroatoms. The first-order chi connectivity index (χ1) is 13.8. The third-order valence-electron chi connectivity index (χ3n) is 6.16. The van der Waals surface area contributed by atoms with Crippen LogP contribution in [0.3, 0.4) is 0 Å². The van der Waals surface area contributed by atoms with Gasteiger partial charge in [-0.25, -0.2) is 9.78 Å². The Labute approximate surface area is 181 Å². The fourth-order valence-corrected chi connectivity index (χ4v) is 6.54. The van der Waals surface area contributed by atoms with Crippen LogP contribution in [-0.2, 0) is 4.79 Å². The van der Waals surface area contributed by atoms with E-state index in [0.29, 0.717) is 24.5 Å². The molecular formula is C22H31NO4S2. The van der Waals surface area contributed by atoms with E-state index in [1.54, 1.807) is 5.38 Å². The van der Waals surface area contributed by atoms with Gasteiger partial charge >= 0.3 is 5.97 Å². The van der Waals surface area contributed by atoms with Gasteiger partial charge < -0.3 is 10.2 Å². The number of aromatic nitrogens is 1. The van der Waals surface area contributed by atoms with Gasteiger partial charge in [0.05, 0.1) is 5.60 Å². The first-order valence-corrected chi connectivity index (χ1v) is 12.4. The lowest BCUT2D eigenvalue weighted by atomic mass is 9.87. The van der Waals surface area contributed by atoms with Crippen LogP contribution in [0.1, 0.15) is 75.2 Å². The quantitative estimate of drug-likeness (QED) is 0.387. The topological polar surface area (TPSA) is 87.5 Å². The SMILES string of the molecule is CC(O)(CC=C[C@H]1CCC(=O)[C@@H]1CCSc1nc(C(=O)O)cs1)CC1CCCC1. The Hall–Kier alpha value is -1.18. The van der Waals surface area contributed by atoms with Gasteiger partial charge in [-0.15, -0.1) is 11.3 Å². The summed E-state index contributed by atoms with van der Waals surface area (Å²) in [7, 11) is 0. The third kappa shape index (κ3) is 6.66. The zero-order chi connectivity index (χ0) is 20.9. The fourth-order valence-electron chi connectivity index (χ4n) is 4.65. The third-order valence-corrected chi connectivity index (χ3v) is 8.21. The summed E-state index contributed by atoms with van der Waals surface area (Å²) in [4.78, 5) is 27.3. The molecule has 160 valence electrons. The molecule has 0 aromatic carbocycles. The van der Waals surface area contributed by atoms with E-state index in [2.05, 4.69) is 17.1 Å². The number of rotatable bonds is 10. The van der Waals surface area contributed by atoms with Gasteiger partial charge in [0.15, 0.2) is 10.0 Å². The summed E-state index contributed by atoms with van der Waals surface area (Å²) < 4.78 is 0.739. The normalized spacial score (nSPS) is 25.1. The van der Waals surface area contributed by atoms with Gasteiger partial charge in [-0.3, -0.25) is 4.79 Å². The van der Waals surface area contributed by atoms with Gasteiger partial charge in [0.25, 0.3) is 0 Å². The van der Waals surface area contributed by atoms with Crippen molar-refractivity contribution in [3.8, 4) is 0 Å². The van der Waals surface area contributed by atoms with E-state index < -0.39 is 11.6 Å². The number of carboxylic acids is 1. The second kappa shape index (κ2) is 10.2. The summed E-state index contributed by atoms with van der Waals surface area (Å²) in [5, 5.41) is 21.2. The monoisotopic (exact) mass is 437 g/mol. The molecule has 2 aliphatic rings. The number of allylic oxidation sites excluding steroid dienone is 1. The molecule has 0 amide bonds. The highest BCUT2D eigenvalue weighted by Gasteiger charge is 2.33. The molecule has 1 heterocycles. The number of carboxylic acid groups (broad SMARTS) is 1. The molecule has 2 fully saturated rings. The van der Waals surface area contributed by atoms with Gasteiger partial charge in [0, 0.05) is 23.5 Å². The van der Waals surface area contributed by atoms with Crippen molar-refractivity contribution in [1.82, 2.24) is 4.98 Å². The van der Waals surface area contributed by atoms with E-state index in [0.717, 1.165) is 29.4 Å². The number of ketones is 1. The average Bonchev–Trinajstić information content (AvgIpc) is 3.39. The molecule has 0 bridgehead atoms. The molecule has 3 rings (SSSR count). The Morgan fingerprint density at radius 3 is 2.83 bits per heavy atom. The molecule has 29 heavy (non-hydrogen) atoms. The van der Waals surface area contributed by atoms with Gasteiger partial charge in [-0.1, -0.05) is 49.6 Å². The van der Waals surface area contributed by atoms with Crippen LogP contribution in [0.25, 0.3) is 0 Å². The van der Waals surface area contributed by atoms with Crippen molar-refractivity contribution in [2.24, 2.45) is 17.8 Å². The number of carbonyl (C=O) groups excluding carboxylic acids is 1. The smallest absolute Gasteiger partial charge is 0.355 e. The minimum absolute atomic E-state index is 0.0254. The Morgan fingerprint density at radius 1 is 1.38 bits per heavy atom. The molecule has 5 nitrogen and oxygen atoms in total. The lowest BCUT2D eigenvalue weighted by molar-refractivity contribution is -0.121. The summed E-state index contributed by atoms with van der Waals surface area (Å²) in [6.45, 7) is 1.93. The predicted molar refractivity (Wildman–Crippen MR) is 117 cm³/mol. The highest BCUT2D eigenvalue weighted by atomic mass is 32.2. The van der Waals surface area contributed by atoms with Crippen molar-refractivity contribution < 1.29 is 19.8 Å². The first-order valence-electron chi connectivity index (χ1n) is 10.6. The van der Waals surface area contributed by atoms with E-state index in [-0.39, 0.29) is 17.5 Å². The molecule has 1 aromatic heterocycles. The van der Waals surface area contributed by atoms with Crippen LogP contribution in [0.15, 0.2) is 21.9 Å². The van der Waals surface area contributed by atoms with Crippen LogP contribution >= 0.6 is 23.1 Å². The Bertz CT molecular complexity index is 737. The minimum atomic E-state index is -1.01. The zero-order valence-electron chi connectivity index (χ0n) is 17.0. The number of Topliss-reactive ketones (excluding diaryl/α,β-unsaturated/α-hetero) is 1. The highest BCUT2D eigenvalue weighted by molar-refractivity contribution is 8.01. The second-order valence-corrected chi connectivity index (χ2v) is 10.9. The Morgan fingerprint density at radius 2 is 2.14 bits per heavy atom. The molecule has 1 unspecified atom stereocenters. The van der Waals surface area contributed by atoms with E-state index in [4.69, 9.17) is 5.11 Å². The van der Waals surface area contributed by atoms with Crippen molar-refractivity contribution >= 4 is 34.9 Å². The van der Waals surface area contributed by atoms with Crippen LogP contribution in [-0.4, -0.2) is 38.3 Å². The second-order valence-electron chi connectivity index (χ2n) is 8.70. The number of nitrogens with zero attached hydrogens (tertiary/aromatic N) is 1. The van der Waals surface area contributed by atoms with Crippen LogP contribution in [0.4, 0.5) is 0 Å². The average molecular weight is 438 g/mol. The minimum Gasteiger partial charge on any atom is -0.476 e. The molecule has 3 atom stereocenters. The summed E-state index contributed by atoms with van der Waals surface area (Å²) in [6, 6.07) is 0. The number of aromatic carboxylic acids is 1. The summed E-state index contributed by atoms with van der Waals surface area (Å²) >= 11 is 2.86. The predicted octanol–water partition coefficient (Wildman–Crippen LogP) is 5.20. The van der Waals surface area contributed by atoms with Crippen molar-refractivity contribution in [2.75, 3.05) is 5.75 Å². The van der Waals surface area contributed by atoms with E-state index >= 15 is 0 Å². The number of thioether (sulfide) groups is 1.